The van der Waals surface area contributed by atoms with Gasteiger partial charge in [-0.3, -0.25) is 4.98 Å². The Kier molecular flexibility index (Phi) is 4.53. The largest absolute Gasteiger partial charge is 0.388 e. The monoisotopic (exact) mass is 223 g/mol. The fourth-order valence-electron chi connectivity index (χ4n) is 1.26. The molecule has 1 heterocycles. The van der Waals surface area contributed by atoms with Crippen LogP contribution < -0.4 is 0 Å². The summed E-state index contributed by atoms with van der Waals surface area (Å²) in [5.74, 6) is 0. The first-order valence-electron chi connectivity index (χ1n) is 4.61. The molecule has 0 aliphatic rings. The van der Waals surface area contributed by atoms with E-state index < -0.39 is 0 Å². The van der Waals surface area contributed by atoms with E-state index in [1.54, 1.807) is 14.2 Å². The SMILES string of the molecule is COC.Cc1cc(Cl)c2ccccc2n1. The fourth-order valence-corrected chi connectivity index (χ4v) is 1.57. The Hall–Kier alpha value is -1.12. The summed E-state index contributed by atoms with van der Waals surface area (Å²) in [5.41, 5.74) is 1.92. The predicted molar refractivity (Wildman–Crippen MR) is 64.4 cm³/mol. The normalized spacial score (nSPS) is 9.60. The van der Waals surface area contributed by atoms with E-state index in [1.807, 2.05) is 37.3 Å². The number of halogens is 1. The molecule has 0 fully saturated rings. The number of fused-ring (bicyclic) bond motifs is 1. The number of aromatic nitrogens is 1. The lowest BCUT2D eigenvalue weighted by Crippen LogP contribution is -1.83. The number of rotatable bonds is 0. The minimum Gasteiger partial charge on any atom is -0.388 e. The summed E-state index contributed by atoms with van der Waals surface area (Å²) in [5, 5.41) is 1.79. The van der Waals surface area contributed by atoms with Crippen molar-refractivity contribution in [2.45, 2.75) is 6.92 Å². The standard InChI is InChI=1S/C10H8ClN.C2H6O/c1-7-6-9(11)8-4-2-3-5-10(8)12-7;1-3-2/h2-6H,1H3;1-2H3. The number of pyridine rings is 1. The highest BCUT2D eigenvalue weighted by Crippen LogP contribution is 2.21. The topological polar surface area (TPSA) is 22.1 Å². The van der Waals surface area contributed by atoms with Crippen molar-refractivity contribution in [1.29, 1.82) is 0 Å². The molecule has 3 heteroatoms. The van der Waals surface area contributed by atoms with Gasteiger partial charge in [0.15, 0.2) is 0 Å². The lowest BCUT2D eigenvalue weighted by atomic mass is 10.2. The summed E-state index contributed by atoms with van der Waals surface area (Å²) in [6.07, 6.45) is 0. The second-order valence-electron chi connectivity index (χ2n) is 3.17. The number of para-hydroxylation sites is 1. The van der Waals surface area contributed by atoms with Crippen molar-refractivity contribution in [2.24, 2.45) is 0 Å². The van der Waals surface area contributed by atoms with Gasteiger partial charge in [-0.1, -0.05) is 29.8 Å². The van der Waals surface area contributed by atoms with Crippen LogP contribution >= 0.6 is 11.6 Å². The number of hydrogen-bond donors (Lipinski definition) is 0. The smallest absolute Gasteiger partial charge is 0.0720 e. The number of nitrogens with zero attached hydrogens (tertiary/aromatic N) is 1. The van der Waals surface area contributed by atoms with Gasteiger partial charge in [0.1, 0.15) is 0 Å². The lowest BCUT2D eigenvalue weighted by Gasteiger charge is -2.00. The summed E-state index contributed by atoms with van der Waals surface area (Å²) in [6.45, 7) is 1.94. The Morgan fingerprint density at radius 3 is 2.47 bits per heavy atom. The molecule has 0 saturated heterocycles. The van der Waals surface area contributed by atoms with Crippen LogP contribution in [0.4, 0.5) is 0 Å². The zero-order valence-electron chi connectivity index (χ0n) is 9.12. The van der Waals surface area contributed by atoms with Gasteiger partial charge < -0.3 is 4.74 Å². The van der Waals surface area contributed by atoms with Crippen molar-refractivity contribution in [3.63, 3.8) is 0 Å². The molecule has 2 nitrogen and oxygen atoms in total. The molecule has 80 valence electrons. The minimum atomic E-state index is 0.776. The van der Waals surface area contributed by atoms with Crippen LogP contribution in [-0.2, 0) is 4.74 Å². The highest BCUT2D eigenvalue weighted by molar-refractivity contribution is 6.35. The van der Waals surface area contributed by atoms with Crippen molar-refractivity contribution in [3.05, 3.63) is 41.0 Å². The average Bonchev–Trinajstić information content (AvgIpc) is 2.18. The van der Waals surface area contributed by atoms with Crippen LogP contribution in [0.5, 0.6) is 0 Å². The quantitative estimate of drug-likeness (QED) is 0.683. The van der Waals surface area contributed by atoms with Gasteiger partial charge in [-0.05, 0) is 19.1 Å². The number of ether oxygens (including phenoxy) is 1. The molecule has 0 saturated carbocycles. The van der Waals surface area contributed by atoms with E-state index in [4.69, 9.17) is 11.6 Å². The van der Waals surface area contributed by atoms with Crippen LogP contribution in [0.25, 0.3) is 10.9 Å². The van der Waals surface area contributed by atoms with Gasteiger partial charge in [0.2, 0.25) is 0 Å². The molecule has 2 aromatic rings. The van der Waals surface area contributed by atoms with Crippen LogP contribution in [0, 0.1) is 6.92 Å². The maximum Gasteiger partial charge on any atom is 0.0720 e. The highest BCUT2D eigenvalue weighted by atomic mass is 35.5. The third-order valence-electron chi connectivity index (χ3n) is 1.79. The number of benzene rings is 1. The van der Waals surface area contributed by atoms with Crippen molar-refractivity contribution in [3.8, 4) is 0 Å². The first-order chi connectivity index (χ1) is 7.19. The molecule has 0 bridgehead atoms. The van der Waals surface area contributed by atoms with E-state index in [0.29, 0.717) is 0 Å². The molecular formula is C12H14ClNO. The van der Waals surface area contributed by atoms with Crippen molar-refractivity contribution >= 4 is 22.5 Å². The maximum atomic E-state index is 6.02. The van der Waals surface area contributed by atoms with E-state index in [0.717, 1.165) is 21.6 Å². The van der Waals surface area contributed by atoms with Crippen LogP contribution in [0.3, 0.4) is 0 Å². The first-order valence-corrected chi connectivity index (χ1v) is 4.99. The maximum absolute atomic E-state index is 6.02. The molecule has 0 radical (unpaired) electrons. The first kappa shape index (κ1) is 12.0. The van der Waals surface area contributed by atoms with Gasteiger partial charge in [-0.15, -0.1) is 0 Å². The summed E-state index contributed by atoms with van der Waals surface area (Å²) < 4.78 is 4.25. The van der Waals surface area contributed by atoms with Gasteiger partial charge in [0.25, 0.3) is 0 Å². The molecule has 1 aromatic heterocycles. The van der Waals surface area contributed by atoms with E-state index in [2.05, 4.69) is 9.72 Å². The van der Waals surface area contributed by atoms with E-state index in [-0.39, 0.29) is 0 Å². The highest BCUT2D eigenvalue weighted by Gasteiger charge is 1.99. The number of hydrogen-bond acceptors (Lipinski definition) is 2. The van der Waals surface area contributed by atoms with Gasteiger partial charge in [-0.25, -0.2) is 0 Å². The molecule has 0 aliphatic carbocycles. The van der Waals surface area contributed by atoms with Gasteiger partial charge in [0.05, 0.1) is 10.5 Å². The molecule has 0 atom stereocenters. The Morgan fingerprint density at radius 1 is 1.20 bits per heavy atom. The predicted octanol–water partition coefficient (Wildman–Crippen LogP) is 3.46. The van der Waals surface area contributed by atoms with Gasteiger partial charge >= 0.3 is 0 Å². The second kappa shape index (κ2) is 5.69. The molecule has 0 spiro atoms. The zero-order valence-corrected chi connectivity index (χ0v) is 9.88. The molecule has 0 unspecified atom stereocenters. The number of methoxy groups -OCH3 is 1. The summed E-state index contributed by atoms with van der Waals surface area (Å²) in [6, 6.07) is 9.75. The molecule has 0 aliphatic heterocycles. The Balaban J connectivity index is 0.000000337. The molecule has 15 heavy (non-hydrogen) atoms. The minimum absolute atomic E-state index is 0.776. The zero-order chi connectivity index (χ0) is 11.3. The van der Waals surface area contributed by atoms with Crippen LogP contribution in [0.15, 0.2) is 30.3 Å². The summed E-state index contributed by atoms with van der Waals surface area (Å²) in [7, 11) is 3.25. The van der Waals surface area contributed by atoms with Gasteiger partial charge in [-0.2, -0.15) is 0 Å². The van der Waals surface area contributed by atoms with Crippen LogP contribution in [0.1, 0.15) is 5.69 Å². The Morgan fingerprint density at radius 2 is 1.80 bits per heavy atom. The summed E-state index contributed by atoms with van der Waals surface area (Å²) in [4.78, 5) is 4.35. The molecule has 0 amide bonds. The molecule has 0 N–H and O–H groups in total. The third kappa shape index (κ3) is 3.18. The number of aryl methyl sites for hydroxylation is 1. The molecular weight excluding hydrogens is 210 g/mol. The molecule has 1 aromatic carbocycles. The van der Waals surface area contributed by atoms with E-state index in [9.17, 15) is 0 Å². The third-order valence-corrected chi connectivity index (χ3v) is 2.11. The van der Waals surface area contributed by atoms with Crippen molar-refractivity contribution < 1.29 is 4.74 Å². The lowest BCUT2D eigenvalue weighted by molar-refractivity contribution is 0.277. The van der Waals surface area contributed by atoms with Crippen LogP contribution in [-0.4, -0.2) is 19.2 Å². The van der Waals surface area contributed by atoms with Crippen LogP contribution in [0.2, 0.25) is 5.02 Å². The van der Waals surface area contributed by atoms with Crippen molar-refractivity contribution in [1.82, 2.24) is 4.98 Å². The van der Waals surface area contributed by atoms with E-state index >= 15 is 0 Å². The Labute approximate surface area is 94.9 Å². The molecule has 2 rings (SSSR count). The van der Waals surface area contributed by atoms with Gasteiger partial charge in [0, 0.05) is 25.3 Å². The fraction of sp³-hybridized carbons (Fsp3) is 0.250. The average molecular weight is 224 g/mol. The summed E-state index contributed by atoms with van der Waals surface area (Å²) >= 11 is 6.02. The second-order valence-corrected chi connectivity index (χ2v) is 3.58. The van der Waals surface area contributed by atoms with E-state index in [1.165, 1.54) is 0 Å². The van der Waals surface area contributed by atoms with Crippen molar-refractivity contribution in [2.75, 3.05) is 14.2 Å². The Bertz CT molecular complexity index is 443.